The number of nitrogens with zero attached hydrogens (tertiary/aromatic N) is 3. The molecule has 0 atom stereocenters. The molecule has 0 aliphatic heterocycles. The lowest BCUT2D eigenvalue weighted by Crippen LogP contribution is -2.38. The smallest absolute Gasteiger partial charge is 0.333 e. The van der Waals surface area contributed by atoms with Crippen molar-refractivity contribution in [1.82, 2.24) is 9.13 Å². The van der Waals surface area contributed by atoms with Gasteiger partial charge in [0, 0.05) is 20.3 Å². The number of aromatic hydroxyl groups is 1. The highest BCUT2D eigenvalue weighted by atomic mass is 16.3. The average Bonchev–Trinajstić information content (AvgIpc) is 2.69. The van der Waals surface area contributed by atoms with E-state index in [4.69, 9.17) is 0 Å². The standard InChI is InChI=1S/C21H17N3O3/c1-23-19(25)18(20(26)24(2)21(23)27)12-22-17-8-7-15-9-13-5-3-4-6-14(13)10-16(15)11-17/h3-12,25H,1-2H3. The number of fused-ring (bicyclic) bond motifs is 2. The predicted molar refractivity (Wildman–Crippen MR) is 107 cm³/mol. The topological polar surface area (TPSA) is 76.6 Å². The van der Waals surface area contributed by atoms with Gasteiger partial charge in [0.15, 0.2) is 0 Å². The van der Waals surface area contributed by atoms with Crippen molar-refractivity contribution in [3.8, 4) is 5.88 Å². The number of aliphatic imine (C=N–C) groups is 1. The van der Waals surface area contributed by atoms with Crippen LogP contribution in [0.15, 0.2) is 69.2 Å². The van der Waals surface area contributed by atoms with Crippen molar-refractivity contribution >= 4 is 33.4 Å². The van der Waals surface area contributed by atoms with Crippen LogP contribution >= 0.6 is 0 Å². The Morgan fingerprint density at radius 3 is 2.19 bits per heavy atom. The van der Waals surface area contributed by atoms with Crippen LogP contribution in [0.4, 0.5) is 5.69 Å². The zero-order valence-electron chi connectivity index (χ0n) is 14.9. The van der Waals surface area contributed by atoms with Crippen molar-refractivity contribution in [1.29, 1.82) is 0 Å². The Bertz CT molecular complexity index is 1350. The van der Waals surface area contributed by atoms with E-state index in [1.165, 1.54) is 25.7 Å². The van der Waals surface area contributed by atoms with Gasteiger partial charge in [-0.05, 0) is 45.8 Å². The lowest BCUT2D eigenvalue weighted by Gasteiger charge is -2.07. The second-order valence-electron chi connectivity index (χ2n) is 6.43. The van der Waals surface area contributed by atoms with Gasteiger partial charge in [-0.25, -0.2) is 4.79 Å². The van der Waals surface area contributed by atoms with Crippen LogP contribution in [0.25, 0.3) is 21.5 Å². The van der Waals surface area contributed by atoms with E-state index in [-0.39, 0.29) is 5.56 Å². The van der Waals surface area contributed by atoms with Crippen LogP contribution in [0.5, 0.6) is 5.88 Å². The summed E-state index contributed by atoms with van der Waals surface area (Å²) in [4.78, 5) is 28.4. The molecule has 1 aromatic heterocycles. The van der Waals surface area contributed by atoms with Crippen LogP contribution in [0.2, 0.25) is 0 Å². The van der Waals surface area contributed by atoms with Gasteiger partial charge < -0.3 is 5.11 Å². The van der Waals surface area contributed by atoms with Gasteiger partial charge >= 0.3 is 5.69 Å². The Hall–Kier alpha value is -3.67. The van der Waals surface area contributed by atoms with E-state index >= 15 is 0 Å². The second kappa shape index (κ2) is 6.25. The summed E-state index contributed by atoms with van der Waals surface area (Å²) in [5.74, 6) is -0.404. The van der Waals surface area contributed by atoms with E-state index in [0.717, 1.165) is 25.3 Å². The van der Waals surface area contributed by atoms with Crippen LogP contribution in [-0.4, -0.2) is 20.5 Å². The van der Waals surface area contributed by atoms with Gasteiger partial charge in [0.2, 0.25) is 5.88 Å². The molecular formula is C21H17N3O3. The largest absolute Gasteiger partial charge is 0.494 e. The monoisotopic (exact) mass is 359 g/mol. The van der Waals surface area contributed by atoms with Gasteiger partial charge in [0.05, 0.1) is 5.69 Å². The molecular weight excluding hydrogens is 342 g/mol. The highest BCUT2D eigenvalue weighted by Gasteiger charge is 2.12. The van der Waals surface area contributed by atoms with Gasteiger partial charge in [-0.3, -0.25) is 18.9 Å². The molecule has 4 rings (SSSR count). The first kappa shape index (κ1) is 16.8. The van der Waals surface area contributed by atoms with Gasteiger partial charge in [0.25, 0.3) is 5.56 Å². The van der Waals surface area contributed by atoms with Crippen LogP contribution in [-0.2, 0) is 14.1 Å². The van der Waals surface area contributed by atoms with Gasteiger partial charge in [-0.1, -0.05) is 30.3 Å². The third-order valence-corrected chi connectivity index (χ3v) is 4.70. The van der Waals surface area contributed by atoms with E-state index in [2.05, 4.69) is 29.3 Å². The van der Waals surface area contributed by atoms with Crippen LogP contribution in [0.1, 0.15) is 5.56 Å². The molecule has 6 nitrogen and oxygen atoms in total. The maximum absolute atomic E-state index is 12.2. The number of hydrogen-bond donors (Lipinski definition) is 1. The summed E-state index contributed by atoms with van der Waals surface area (Å²) in [5.41, 5.74) is -0.565. The number of rotatable bonds is 2. The fourth-order valence-electron chi connectivity index (χ4n) is 3.12. The summed E-state index contributed by atoms with van der Waals surface area (Å²) in [6, 6.07) is 18.1. The third kappa shape index (κ3) is 2.81. The van der Waals surface area contributed by atoms with Crippen molar-refractivity contribution in [2.45, 2.75) is 0 Å². The SMILES string of the molecule is Cn1c(O)c(C=Nc2ccc3cc4ccccc4cc3c2)c(=O)n(C)c1=O. The number of benzene rings is 3. The van der Waals surface area contributed by atoms with Crippen molar-refractivity contribution in [2.24, 2.45) is 19.1 Å². The Labute approximate surface area is 154 Å². The second-order valence-corrected chi connectivity index (χ2v) is 6.43. The molecule has 134 valence electrons. The summed E-state index contributed by atoms with van der Waals surface area (Å²) in [5, 5.41) is 14.5. The van der Waals surface area contributed by atoms with Crippen LogP contribution < -0.4 is 11.2 Å². The van der Waals surface area contributed by atoms with E-state index in [9.17, 15) is 14.7 Å². The van der Waals surface area contributed by atoms with E-state index in [1.54, 1.807) is 0 Å². The lowest BCUT2D eigenvalue weighted by molar-refractivity contribution is 0.410. The number of aromatic nitrogens is 2. The molecule has 0 spiro atoms. The van der Waals surface area contributed by atoms with E-state index in [1.807, 2.05) is 30.3 Å². The normalized spacial score (nSPS) is 11.6. The number of hydrogen-bond acceptors (Lipinski definition) is 4. The molecule has 0 saturated carbocycles. The Morgan fingerprint density at radius 1 is 0.852 bits per heavy atom. The lowest BCUT2D eigenvalue weighted by atomic mass is 10.0. The van der Waals surface area contributed by atoms with Crippen molar-refractivity contribution < 1.29 is 5.11 Å². The van der Waals surface area contributed by atoms with Gasteiger partial charge in [-0.15, -0.1) is 0 Å². The Balaban J connectivity index is 1.81. The molecule has 0 bridgehead atoms. The molecule has 0 unspecified atom stereocenters. The summed E-state index contributed by atoms with van der Waals surface area (Å²) in [7, 11) is 2.76. The zero-order valence-corrected chi connectivity index (χ0v) is 14.9. The molecule has 1 heterocycles. The Kier molecular flexibility index (Phi) is 3.88. The highest BCUT2D eigenvalue weighted by Crippen LogP contribution is 2.26. The van der Waals surface area contributed by atoms with E-state index < -0.39 is 17.1 Å². The summed E-state index contributed by atoms with van der Waals surface area (Å²) >= 11 is 0. The molecule has 0 aliphatic carbocycles. The van der Waals surface area contributed by atoms with Crippen LogP contribution in [0, 0.1) is 0 Å². The van der Waals surface area contributed by atoms with Gasteiger partial charge in [-0.2, -0.15) is 0 Å². The fourth-order valence-corrected chi connectivity index (χ4v) is 3.12. The summed E-state index contributed by atoms with van der Waals surface area (Å²) in [6.07, 6.45) is 1.29. The molecule has 0 saturated heterocycles. The Morgan fingerprint density at radius 2 is 1.48 bits per heavy atom. The minimum Gasteiger partial charge on any atom is -0.494 e. The third-order valence-electron chi connectivity index (χ3n) is 4.70. The molecule has 27 heavy (non-hydrogen) atoms. The molecule has 3 aromatic carbocycles. The minimum atomic E-state index is -0.592. The summed E-state index contributed by atoms with van der Waals surface area (Å²) < 4.78 is 1.95. The molecule has 0 aliphatic rings. The molecule has 6 heteroatoms. The van der Waals surface area contributed by atoms with Crippen LogP contribution in [0.3, 0.4) is 0 Å². The van der Waals surface area contributed by atoms with Gasteiger partial charge in [0.1, 0.15) is 5.56 Å². The van der Waals surface area contributed by atoms with Crippen molar-refractivity contribution in [2.75, 3.05) is 0 Å². The molecule has 0 amide bonds. The minimum absolute atomic E-state index is 0.0294. The highest BCUT2D eigenvalue weighted by molar-refractivity contribution is 5.99. The first-order valence-electron chi connectivity index (χ1n) is 8.41. The maximum Gasteiger partial charge on any atom is 0.333 e. The van der Waals surface area contributed by atoms with Crippen molar-refractivity contribution in [3.63, 3.8) is 0 Å². The molecule has 0 radical (unpaired) electrons. The fraction of sp³-hybridized carbons (Fsp3) is 0.0952. The first-order valence-corrected chi connectivity index (χ1v) is 8.41. The molecule has 0 fully saturated rings. The molecule has 1 N–H and O–H groups in total. The molecule has 4 aromatic rings. The van der Waals surface area contributed by atoms with Crippen molar-refractivity contribution in [3.05, 3.63) is 81.0 Å². The average molecular weight is 359 g/mol. The summed E-state index contributed by atoms with van der Waals surface area (Å²) in [6.45, 7) is 0. The predicted octanol–water partition coefficient (Wildman–Crippen LogP) is 2.85. The van der Waals surface area contributed by atoms with E-state index in [0.29, 0.717) is 5.69 Å². The zero-order chi connectivity index (χ0) is 19.1. The first-order chi connectivity index (χ1) is 13.0. The quantitative estimate of drug-likeness (QED) is 0.442. The maximum atomic E-state index is 12.2.